The lowest BCUT2D eigenvalue weighted by Crippen LogP contribution is -1.99. The number of aromatic nitrogens is 2. The number of phenols is 1. The van der Waals surface area contributed by atoms with Crippen LogP contribution >= 0.6 is 0 Å². The number of hydrogen-bond acceptors (Lipinski definition) is 6. The molecule has 0 spiro atoms. The van der Waals surface area contributed by atoms with Gasteiger partial charge in [-0.15, -0.1) is 0 Å². The monoisotopic (exact) mass is 307 g/mol. The number of hydrogen-bond donors (Lipinski definition) is 4. The second-order valence-electron chi connectivity index (χ2n) is 5.17. The van der Waals surface area contributed by atoms with E-state index in [1.807, 2.05) is 43.3 Å². The van der Waals surface area contributed by atoms with Crippen molar-refractivity contribution < 1.29 is 5.11 Å². The number of aryl methyl sites for hydroxylation is 1. The van der Waals surface area contributed by atoms with Crippen LogP contribution in [-0.4, -0.2) is 15.1 Å². The van der Waals surface area contributed by atoms with Crippen LogP contribution in [0.25, 0.3) is 0 Å². The number of nitrogen functional groups attached to an aromatic ring is 1. The molecule has 0 atom stereocenters. The minimum Gasteiger partial charge on any atom is -0.508 e. The van der Waals surface area contributed by atoms with E-state index in [1.54, 1.807) is 12.1 Å². The quantitative estimate of drug-likeness (QED) is 0.550. The highest BCUT2D eigenvalue weighted by molar-refractivity contribution is 5.65. The van der Waals surface area contributed by atoms with E-state index < -0.39 is 0 Å². The average Bonchev–Trinajstić information content (AvgIpc) is 2.51. The molecule has 23 heavy (non-hydrogen) atoms. The molecule has 6 nitrogen and oxygen atoms in total. The first kappa shape index (κ1) is 14.6. The predicted molar refractivity (Wildman–Crippen MR) is 92.3 cm³/mol. The lowest BCUT2D eigenvalue weighted by molar-refractivity contribution is 0.471. The molecule has 116 valence electrons. The van der Waals surface area contributed by atoms with E-state index in [0.717, 1.165) is 16.9 Å². The van der Waals surface area contributed by atoms with E-state index in [0.29, 0.717) is 17.3 Å². The van der Waals surface area contributed by atoms with Gasteiger partial charge in [0.25, 0.3) is 0 Å². The zero-order valence-electron chi connectivity index (χ0n) is 12.6. The Morgan fingerprint density at radius 2 is 1.61 bits per heavy atom. The molecule has 0 fully saturated rings. The number of nitrogens with zero attached hydrogens (tertiary/aromatic N) is 2. The number of phenolic OH excluding ortho intramolecular Hbond substituents is 1. The Hall–Kier alpha value is -3.28. The van der Waals surface area contributed by atoms with Crippen molar-refractivity contribution in [2.75, 3.05) is 16.4 Å². The Balaban J connectivity index is 1.78. The maximum atomic E-state index is 9.76. The zero-order valence-corrected chi connectivity index (χ0v) is 12.6. The minimum atomic E-state index is 0.238. The van der Waals surface area contributed by atoms with Crippen molar-refractivity contribution >= 4 is 28.7 Å². The number of nitrogens with one attached hydrogen (secondary N) is 2. The van der Waals surface area contributed by atoms with Gasteiger partial charge >= 0.3 is 0 Å². The highest BCUT2D eigenvalue weighted by atomic mass is 16.3. The second kappa shape index (κ2) is 6.23. The maximum Gasteiger partial charge on any atom is 0.135 e. The molecule has 0 aliphatic carbocycles. The Labute approximate surface area is 134 Å². The van der Waals surface area contributed by atoms with Gasteiger partial charge in [-0.25, -0.2) is 9.97 Å². The summed E-state index contributed by atoms with van der Waals surface area (Å²) < 4.78 is 0. The van der Waals surface area contributed by atoms with Crippen LogP contribution in [0.5, 0.6) is 5.75 Å². The van der Waals surface area contributed by atoms with Gasteiger partial charge in [0.05, 0.1) is 0 Å². The number of aromatic hydroxyl groups is 1. The third kappa shape index (κ3) is 3.68. The van der Waals surface area contributed by atoms with Crippen molar-refractivity contribution in [3.63, 3.8) is 0 Å². The van der Waals surface area contributed by atoms with E-state index in [-0.39, 0.29) is 5.75 Å². The molecule has 0 aliphatic heterocycles. The molecule has 0 saturated carbocycles. The summed E-state index contributed by atoms with van der Waals surface area (Å²) in [7, 11) is 0. The summed E-state index contributed by atoms with van der Waals surface area (Å²) in [5.41, 5.74) is 8.86. The fourth-order valence-electron chi connectivity index (χ4n) is 2.09. The zero-order chi connectivity index (χ0) is 16.2. The largest absolute Gasteiger partial charge is 0.508 e. The molecule has 1 aromatic heterocycles. The summed E-state index contributed by atoms with van der Waals surface area (Å²) in [4.78, 5) is 8.36. The third-order valence-electron chi connectivity index (χ3n) is 3.31. The molecule has 0 amide bonds. The summed E-state index contributed by atoms with van der Waals surface area (Å²) in [6.07, 6.45) is 1.46. The van der Waals surface area contributed by atoms with Gasteiger partial charge in [-0.3, -0.25) is 0 Å². The second-order valence-corrected chi connectivity index (χ2v) is 5.17. The topological polar surface area (TPSA) is 96.1 Å². The summed E-state index contributed by atoms with van der Waals surface area (Å²) in [5, 5.41) is 16.1. The van der Waals surface area contributed by atoms with Crippen molar-refractivity contribution in [1.82, 2.24) is 9.97 Å². The molecule has 0 aliphatic rings. The van der Waals surface area contributed by atoms with Gasteiger partial charge in [-0.2, -0.15) is 0 Å². The van der Waals surface area contributed by atoms with E-state index >= 15 is 0 Å². The van der Waals surface area contributed by atoms with Gasteiger partial charge in [0.15, 0.2) is 0 Å². The molecule has 0 radical (unpaired) electrons. The number of rotatable bonds is 4. The summed E-state index contributed by atoms with van der Waals surface area (Å²) in [5.74, 6) is 1.50. The number of nitrogens with two attached hydrogens (primary N) is 1. The van der Waals surface area contributed by atoms with Gasteiger partial charge in [0.2, 0.25) is 0 Å². The first-order valence-electron chi connectivity index (χ1n) is 7.11. The van der Waals surface area contributed by atoms with Gasteiger partial charge in [-0.05, 0) is 36.8 Å². The average molecular weight is 307 g/mol. The molecule has 0 saturated heterocycles. The van der Waals surface area contributed by atoms with Gasteiger partial charge < -0.3 is 21.5 Å². The molecule has 2 aromatic carbocycles. The molecule has 6 heteroatoms. The summed E-state index contributed by atoms with van der Waals surface area (Å²) >= 11 is 0. The lowest BCUT2D eigenvalue weighted by Gasteiger charge is -2.10. The Kier molecular flexibility index (Phi) is 3.97. The van der Waals surface area contributed by atoms with Gasteiger partial charge in [0, 0.05) is 29.2 Å². The van der Waals surface area contributed by atoms with Crippen molar-refractivity contribution in [2.45, 2.75) is 6.92 Å². The Bertz CT molecular complexity index is 835. The Morgan fingerprint density at radius 3 is 2.26 bits per heavy atom. The smallest absolute Gasteiger partial charge is 0.135 e. The highest BCUT2D eigenvalue weighted by Crippen LogP contribution is 2.24. The predicted octanol–water partition coefficient (Wildman–Crippen LogP) is 3.56. The fraction of sp³-hybridized carbons (Fsp3) is 0.0588. The molecule has 3 aromatic rings. The van der Waals surface area contributed by atoms with E-state index in [2.05, 4.69) is 20.6 Å². The third-order valence-corrected chi connectivity index (χ3v) is 3.31. The molecule has 0 bridgehead atoms. The van der Waals surface area contributed by atoms with E-state index in [1.165, 1.54) is 6.33 Å². The molecule has 1 heterocycles. The van der Waals surface area contributed by atoms with E-state index in [9.17, 15) is 5.11 Å². The first-order valence-corrected chi connectivity index (χ1v) is 7.11. The van der Waals surface area contributed by atoms with Crippen LogP contribution in [0, 0.1) is 6.92 Å². The minimum absolute atomic E-state index is 0.238. The normalized spacial score (nSPS) is 10.3. The van der Waals surface area contributed by atoms with Crippen LogP contribution in [0.1, 0.15) is 5.56 Å². The lowest BCUT2D eigenvalue weighted by atomic mass is 10.2. The maximum absolute atomic E-state index is 9.76. The highest BCUT2D eigenvalue weighted by Gasteiger charge is 2.03. The molecular formula is C17H17N5O. The van der Waals surface area contributed by atoms with Crippen molar-refractivity contribution in [2.24, 2.45) is 0 Å². The van der Waals surface area contributed by atoms with Crippen molar-refractivity contribution in [3.8, 4) is 5.75 Å². The number of benzene rings is 2. The summed E-state index contributed by atoms with van der Waals surface area (Å²) in [6.45, 7) is 1.84. The SMILES string of the molecule is Cc1ccc(Nc2cc(Nc3cccc(N)c3)ncn2)cc1O. The molecular weight excluding hydrogens is 290 g/mol. The summed E-state index contributed by atoms with van der Waals surface area (Å²) in [6, 6.07) is 14.6. The van der Waals surface area contributed by atoms with Crippen LogP contribution in [0.2, 0.25) is 0 Å². The van der Waals surface area contributed by atoms with Crippen LogP contribution in [0.4, 0.5) is 28.7 Å². The molecule has 5 N–H and O–H groups in total. The molecule has 3 rings (SSSR count). The van der Waals surface area contributed by atoms with Crippen LogP contribution in [0.15, 0.2) is 54.9 Å². The standard InChI is InChI=1S/C17H17N5O/c1-11-5-6-14(8-15(11)23)22-17-9-16(19-10-20-17)21-13-4-2-3-12(18)7-13/h2-10,23H,18H2,1H3,(H2,19,20,21,22). The van der Waals surface area contributed by atoms with Crippen LogP contribution in [0.3, 0.4) is 0 Å². The van der Waals surface area contributed by atoms with Crippen LogP contribution < -0.4 is 16.4 Å². The Morgan fingerprint density at radius 1 is 0.913 bits per heavy atom. The van der Waals surface area contributed by atoms with Crippen molar-refractivity contribution in [3.05, 3.63) is 60.4 Å². The first-order chi connectivity index (χ1) is 11.1. The van der Waals surface area contributed by atoms with E-state index in [4.69, 9.17) is 5.73 Å². The van der Waals surface area contributed by atoms with Crippen molar-refractivity contribution in [1.29, 1.82) is 0 Å². The van der Waals surface area contributed by atoms with Gasteiger partial charge in [0.1, 0.15) is 23.7 Å². The van der Waals surface area contributed by atoms with Gasteiger partial charge in [-0.1, -0.05) is 12.1 Å². The molecule has 0 unspecified atom stereocenters. The van der Waals surface area contributed by atoms with Crippen LogP contribution in [-0.2, 0) is 0 Å². The number of anilines is 5. The fourth-order valence-corrected chi connectivity index (χ4v) is 2.09.